The minimum atomic E-state index is 0.000903. The van der Waals surface area contributed by atoms with Crippen molar-refractivity contribution in [3.8, 4) is 0 Å². The van der Waals surface area contributed by atoms with Crippen LogP contribution >= 0.6 is 15.9 Å². The molecular formula is C13H19BrN2O2. The quantitative estimate of drug-likeness (QED) is 0.933. The van der Waals surface area contributed by atoms with Crippen molar-refractivity contribution in [2.45, 2.75) is 31.7 Å². The van der Waals surface area contributed by atoms with Gasteiger partial charge in [-0.05, 0) is 47.3 Å². The first-order valence-corrected chi connectivity index (χ1v) is 7.14. The number of hydrogen-bond acceptors (Lipinski definition) is 3. The molecule has 5 heteroatoms. The highest BCUT2D eigenvalue weighted by Crippen LogP contribution is 2.29. The molecule has 0 bridgehead atoms. The number of rotatable bonds is 3. The van der Waals surface area contributed by atoms with Gasteiger partial charge in [0.05, 0.1) is 11.8 Å². The molecule has 2 N–H and O–H groups in total. The topological polar surface area (TPSA) is 59.5 Å². The van der Waals surface area contributed by atoms with Gasteiger partial charge in [0, 0.05) is 13.1 Å². The number of halogens is 1. The van der Waals surface area contributed by atoms with E-state index in [2.05, 4.69) is 15.9 Å². The summed E-state index contributed by atoms with van der Waals surface area (Å²) in [6, 6.07) is 1.95. The maximum Gasteiger partial charge on any atom is 0.258 e. The Morgan fingerprint density at radius 3 is 2.89 bits per heavy atom. The average molecular weight is 315 g/mol. The second-order valence-corrected chi connectivity index (χ2v) is 5.59. The summed E-state index contributed by atoms with van der Waals surface area (Å²) in [5.74, 6) is 0.416. The Bertz CT molecular complexity index is 419. The van der Waals surface area contributed by atoms with Crippen LogP contribution < -0.4 is 5.73 Å². The highest BCUT2D eigenvalue weighted by atomic mass is 79.9. The number of carbonyl (C=O) groups excluding carboxylic acids is 1. The van der Waals surface area contributed by atoms with Gasteiger partial charge in [-0.15, -0.1) is 0 Å². The van der Waals surface area contributed by atoms with Gasteiger partial charge >= 0.3 is 0 Å². The van der Waals surface area contributed by atoms with Crippen LogP contribution in [0.15, 0.2) is 21.4 Å². The van der Waals surface area contributed by atoms with Gasteiger partial charge in [-0.2, -0.15) is 0 Å². The summed E-state index contributed by atoms with van der Waals surface area (Å²) in [5.41, 5.74) is 6.40. The lowest BCUT2D eigenvalue weighted by Crippen LogP contribution is -2.45. The maximum absolute atomic E-state index is 12.4. The van der Waals surface area contributed by atoms with Crippen molar-refractivity contribution in [3.05, 3.63) is 22.6 Å². The lowest BCUT2D eigenvalue weighted by Gasteiger charge is -2.37. The molecular weight excluding hydrogens is 296 g/mol. The summed E-state index contributed by atoms with van der Waals surface area (Å²) in [7, 11) is 1.86. The Kier molecular flexibility index (Phi) is 4.45. The van der Waals surface area contributed by atoms with E-state index in [4.69, 9.17) is 10.2 Å². The molecule has 100 valence electrons. The van der Waals surface area contributed by atoms with Crippen LogP contribution in [-0.2, 0) is 0 Å². The van der Waals surface area contributed by atoms with Gasteiger partial charge in [-0.25, -0.2) is 0 Å². The number of nitrogens with zero attached hydrogens (tertiary/aromatic N) is 1. The van der Waals surface area contributed by atoms with Gasteiger partial charge in [0.25, 0.3) is 5.91 Å². The molecule has 0 radical (unpaired) electrons. The van der Waals surface area contributed by atoms with Crippen LogP contribution in [-0.4, -0.2) is 30.4 Å². The standard InChI is InChI=1S/C13H19BrN2O2/c1-16(11-5-3-2-4-9(11)8-15)13(17)10-6-7-18-12(10)14/h6-7,9,11H,2-5,8,15H2,1H3. The van der Waals surface area contributed by atoms with Gasteiger partial charge in [-0.1, -0.05) is 12.8 Å². The van der Waals surface area contributed by atoms with Crippen LogP contribution in [0.25, 0.3) is 0 Å². The summed E-state index contributed by atoms with van der Waals surface area (Å²) in [5, 5.41) is 0. The highest BCUT2D eigenvalue weighted by molar-refractivity contribution is 9.10. The fourth-order valence-corrected chi connectivity index (χ4v) is 3.17. The van der Waals surface area contributed by atoms with Crippen molar-refractivity contribution in [2.24, 2.45) is 11.7 Å². The Balaban J connectivity index is 2.12. The second kappa shape index (κ2) is 5.89. The van der Waals surface area contributed by atoms with Crippen LogP contribution in [0.2, 0.25) is 0 Å². The van der Waals surface area contributed by atoms with Crippen LogP contribution in [0.5, 0.6) is 0 Å². The normalized spacial score (nSPS) is 23.9. The zero-order chi connectivity index (χ0) is 13.1. The van der Waals surface area contributed by atoms with Crippen LogP contribution in [0, 0.1) is 5.92 Å². The van der Waals surface area contributed by atoms with Gasteiger partial charge in [0.1, 0.15) is 0 Å². The summed E-state index contributed by atoms with van der Waals surface area (Å²) >= 11 is 3.25. The summed E-state index contributed by atoms with van der Waals surface area (Å²) in [6.45, 7) is 0.648. The molecule has 1 aromatic rings. The summed E-state index contributed by atoms with van der Waals surface area (Å²) in [4.78, 5) is 14.2. The van der Waals surface area contributed by atoms with Crippen molar-refractivity contribution in [1.82, 2.24) is 4.90 Å². The largest absolute Gasteiger partial charge is 0.457 e. The molecule has 1 heterocycles. The Morgan fingerprint density at radius 1 is 1.56 bits per heavy atom. The minimum Gasteiger partial charge on any atom is -0.457 e. The minimum absolute atomic E-state index is 0.000903. The Morgan fingerprint density at radius 2 is 2.28 bits per heavy atom. The second-order valence-electron chi connectivity index (χ2n) is 4.87. The molecule has 0 aromatic carbocycles. The predicted octanol–water partition coefficient (Wildman–Crippen LogP) is 2.63. The van der Waals surface area contributed by atoms with E-state index in [9.17, 15) is 4.79 Å². The zero-order valence-electron chi connectivity index (χ0n) is 10.6. The smallest absolute Gasteiger partial charge is 0.258 e. The lowest BCUT2D eigenvalue weighted by atomic mass is 9.83. The van der Waals surface area contributed by atoms with Crippen molar-refractivity contribution in [2.75, 3.05) is 13.6 Å². The molecule has 4 nitrogen and oxygen atoms in total. The van der Waals surface area contributed by atoms with Crippen molar-refractivity contribution in [3.63, 3.8) is 0 Å². The Hall–Kier alpha value is -0.810. The molecule has 2 unspecified atom stereocenters. The van der Waals surface area contributed by atoms with E-state index in [1.165, 1.54) is 19.1 Å². The van der Waals surface area contributed by atoms with Gasteiger partial charge < -0.3 is 15.1 Å². The fraction of sp³-hybridized carbons (Fsp3) is 0.615. The van der Waals surface area contributed by atoms with E-state index in [1.54, 1.807) is 6.07 Å². The fourth-order valence-electron chi connectivity index (χ4n) is 2.76. The maximum atomic E-state index is 12.4. The number of carbonyl (C=O) groups is 1. The molecule has 1 aromatic heterocycles. The molecule has 2 rings (SSSR count). The van der Waals surface area contributed by atoms with Gasteiger partial charge in [0.15, 0.2) is 4.67 Å². The van der Waals surface area contributed by atoms with Crippen molar-refractivity contribution >= 4 is 21.8 Å². The van der Waals surface area contributed by atoms with E-state index >= 15 is 0 Å². The third-order valence-corrected chi connectivity index (χ3v) is 4.45. The molecule has 1 fully saturated rings. The van der Waals surface area contributed by atoms with E-state index < -0.39 is 0 Å². The SMILES string of the molecule is CN(C(=O)c1ccoc1Br)C1CCCCC1CN. The molecule has 1 aliphatic carbocycles. The summed E-state index contributed by atoms with van der Waals surface area (Å²) in [6.07, 6.45) is 6.07. The number of amides is 1. The average Bonchev–Trinajstić information content (AvgIpc) is 2.83. The first-order chi connectivity index (χ1) is 8.65. The molecule has 1 amide bonds. The van der Waals surface area contributed by atoms with E-state index in [-0.39, 0.29) is 11.9 Å². The number of nitrogens with two attached hydrogens (primary N) is 1. The molecule has 0 spiro atoms. The number of furan rings is 1. The molecule has 1 saturated carbocycles. The third kappa shape index (κ3) is 2.62. The summed E-state index contributed by atoms with van der Waals surface area (Å²) < 4.78 is 5.62. The lowest BCUT2D eigenvalue weighted by molar-refractivity contribution is 0.0618. The third-order valence-electron chi connectivity index (χ3n) is 3.84. The zero-order valence-corrected chi connectivity index (χ0v) is 12.1. The predicted molar refractivity (Wildman–Crippen MR) is 73.3 cm³/mol. The molecule has 1 aliphatic rings. The monoisotopic (exact) mass is 314 g/mol. The molecule has 0 aliphatic heterocycles. The molecule has 18 heavy (non-hydrogen) atoms. The van der Waals surface area contributed by atoms with Crippen molar-refractivity contribution < 1.29 is 9.21 Å². The highest BCUT2D eigenvalue weighted by Gasteiger charge is 2.31. The van der Waals surface area contributed by atoms with E-state index in [0.717, 1.165) is 12.8 Å². The van der Waals surface area contributed by atoms with Crippen LogP contribution in [0.4, 0.5) is 0 Å². The van der Waals surface area contributed by atoms with Crippen LogP contribution in [0.3, 0.4) is 0 Å². The van der Waals surface area contributed by atoms with Crippen LogP contribution in [0.1, 0.15) is 36.0 Å². The van der Waals surface area contributed by atoms with E-state index in [1.807, 2.05) is 11.9 Å². The Labute approximate surface area is 116 Å². The van der Waals surface area contributed by atoms with Crippen molar-refractivity contribution in [1.29, 1.82) is 0 Å². The molecule has 0 saturated heterocycles. The number of hydrogen-bond donors (Lipinski definition) is 1. The van der Waals surface area contributed by atoms with E-state index in [0.29, 0.717) is 22.7 Å². The van der Waals surface area contributed by atoms with Gasteiger partial charge in [0.2, 0.25) is 0 Å². The van der Waals surface area contributed by atoms with Gasteiger partial charge in [-0.3, -0.25) is 4.79 Å². The first kappa shape index (κ1) is 13.6. The molecule has 2 atom stereocenters. The first-order valence-electron chi connectivity index (χ1n) is 6.35.